The van der Waals surface area contributed by atoms with Gasteiger partial charge in [-0.15, -0.1) is 0 Å². The lowest BCUT2D eigenvalue weighted by Gasteiger charge is -1.92. The molecule has 1 aliphatic carbocycles. The van der Waals surface area contributed by atoms with Crippen LogP contribution in [0.2, 0.25) is 5.82 Å². The van der Waals surface area contributed by atoms with Crippen LogP contribution < -0.4 is 5.32 Å². The highest BCUT2D eigenvalue weighted by molar-refractivity contribution is 6.16. The first kappa shape index (κ1) is 5.67. The van der Waals surface area contributed by atoms with E-state index in [-0.39, 0.29) is 17.6 Å². The van der Waals surface area contributed by atoms with Crippen LogP contribution in [0.4, 0.5) is 0 Å². The summed E-state index contributed by atoms with van der Waals surface area (Å²) in [5.74, 6) is 0.326. The second kappa shape index (κ2) is 1.80. The van der Waals surface area contributed by atoms with Crippen molar-refractivity contribution in [2.45, 2.75) is 12.2 Å². The van der Waals surface area contributed by atoms with E-state index >= 15 is 0 Å². The fraction of sp³-hybridized carbons (Fsp3) is 0.800. The molecule has 3 heteroatoms. The van der Waals surface area contributed by atoms with Crippen molar-refractivity contribution in [3.63, 3.8) is 0 Å². The predicted molar refractivity (Wildman–Crippen MR) is 31.7 cm³/mol. The van der Waals surface area contributed by atoms with E-state index in [4.69, 9.17) is 7.85 Å². The van der Waals surface area contributed by atoms with Crippen LogP contribution in [-0.2, 0) is 4.79 Å². The minimum atomic E-state index is 0.0810. The van der Waals surface area contributed by atoms with E-state index in [2.05, 4.69) is 5.32 Å². The Hall–Kier alpha value is -0.465. The van der Waals surface area contributed by atoms with Gasteiger partial charge in [-0.3, -0.25) is 4.79 Å². The summed E-state index contributed by atoms with van der Waals surface area (Å²) in [6, 6.07) is 0. The molecule has 8 heavy (non-hydrogen) atoms. The summed E-state index contributed by atoms with van der Waals surface area (Å²) in [4.78, 5) is 10.6. The molecular weight excluding hydrogens is 101 g/mol. The molecule has 1 rings (SSSR count). The van der Waals surface area contributed by atoms with Gasteiger partial charge in [0, 0.05) is 13.0 Å². The standard InChI is InChI=1S/C5H8BNO/c1-7-5(8)3-2-4(3)6/h3-4H,2H2,1H3,(H,7,8). The van der Waals surface area contributed by atoms with Crippen molar-refractivity contribution in [1.82, 2.24) is 5.32 Å². The molecule has 1 saturated carbocycles. The molecule has 0 spiro atoms. The zero-order chi connectivity index (χ0) is 6.15. The van der Waals surface area contributed by atoms with E-state index in [1.165, 1.54) is 0 Å². The molecule has 1 amide bonds. The third-order valence-corrected chi connectivity index (χ3v) is 1.42. The lowest BCUT2D eigenvalue weighted by atomic mass is 10.0. The van der Waals surface area contributed by atoms with Crippen molar-refractivity contribution < 1.29 is 4.79 Å². The highest BCUT2D eigenvalue weighted by Crippen LogP contribution is 2.41. The van der Waals surface area contributed by atoms with Crippen molar-refractivity contribution >= 4 is 13.8 Å². The molecule has 2 nitrogen and oxygen atoms in total. The quantitative estimate of drug-likeness (QED) is 0.460. The Kier molecular flexibility index (Phi) is 1.28. The molecule has 0 aromatic carbocycles. The number of nitrogens with one attached hydrogen (secondary N) is 1. The number of carbonyl (C=O) groups is 1. The van der Waals surface area contributed by atoms with E-state index in [1.807, 2.05) is 0 Å². The number of hydrogen-bond donors (Lipinski definition) is 1. The molecule has 1 fully saturated rings. The first-order valence-corrected chi connectivity index (χ1v) is 2.73. The van der Waals surface area contributed by atoms with E-state index in [0.717, 1.165) is 6.42 Å². The molecule has 1 N–H and O–H groups in total. The van der Waals surface area contributed by atoms with Crippen LogP contribution in [0.1, 0.15) is 6.42 Å². The Labute approximate surface area is 50.1 Å². The predicted octanol–water partition coefficient (Wildman–Crippen LogP) is -0.291. The molecule has 0 bridgehead atoms. The topological polar surface area (TPSA) is 29.1 Å². The van der Waals surface area contributed by atoms with Crippen LogP contribution in [0.15, 0.2) is 0 Å². The maximum Gasteiger partial charge on any atom is 0.222 e. The van der Waals surface area contributed by atoms with Crippen LogP contribution >= 0.6 is 0 Å². The van der Waals surface area contributed by atoms with Gasteiger partial charge in [-0.25, -0.2) is 0 Å². The Morgan fingerprint density at radius 3 is 2.50 bits per heavy atom. The Morgan fingerprint density at radius 2 is 2.38 bits per heavy atom. The second-order valence-corrected chi connectivity index (χ2v) is 2.12. The number of hydrogen-bond acceptors (Lipinski definition) is 1. The normalized spacial score (nSPS) is 34.1. The summed E-state index contributed by atoms with van der Waals surface area (Å²) >= 11 is 0. The van der Waals surface area contributed by atoms with Crippen molar-refractivity contribution in [3.05, 3.63) is 0 Å². The monoisotopic (exact) mass is 109 g/mol. The van der Waals surface area contributed by atoms with Crippen molar-refractivity contribution in [2.75, 3.05) is 7.05 Å². The van der Waals surface area contributed by atoms with Crippen LogP contribution in [-0.4, -0.2) is 20.8 Å². The van der Waals surface area contributed by atoms with Gasteiger partial charge in [0.05, 0.1) is 7.85 Å². The van der Waals surface area contributed by atoms with Gasteiger partial charge < -0.3 is 5.32 Å². The fourth-order valence-electron chi connectivity index (χ4n) is 0.702. The average molecular weight is 109 g/mol. The molecule has 0 aromatic heterocycles. The SMILES string of the molecule is [B]C1CC1C(=O)NC. The number of rotatable bonds is 1. The maximum absolute atomic E-state index is 10.6. The summed E-state index contributed by atoms with van der Waals surface area (Å²) in [6.07, 6.45) is 0.861. The van der Waals surface area contributed by atoms with E-state index in [1.54, 1.807) is 7.05 Å². The fourth-order valence-corrected chi connectivity index (χ4v) is 0.702. The summed E-state index contributed by atoms with van der Waals surface area (Å²) in [7, 11) is 7.01. The van der Waals surface area contributed by atoms with E-state index in [9.17, 15) is 4.79 Å². The van der Waals surface area contributed by atoms with Crippen LogP contribution in [0.3, 0.4) is 0 Å². The highest BCUT2D eigenvalue weighted by Gasteiger charge is 2.37. The van der Waals surface area contributed by atoms with Gasteiger partial charge >= 0.3 is 0 Å². The van der Waals surface area contributed by atoms with Crippen molar-refractivity contribution in [2.24, 2.45) is 5.92 Å². The van der Waals surface area contributed by atoms with Crippen molar-refractivity contribution in [1.29, 1.82) is 0 Å². The minimum Gasteiger partial charge on any atom is -0.359 e. The summed E-state index contributed by atoms with van der Waals surface area (Å²) in [5, 5.41) is 2.54. The Morgan fingerprint density at radius 1 is 1.88 bits per heavy atom. The van der Waals surface area contributed by atoms with Crippen molar-refractivity contribution in [3.8, 4) is 0 Å². The maximum atomic E-state index is 10.6. The zero-order valence-electron chi connectivity index (χ0n) is 4.85. The summed E-state index contributed by atoms with van der Waals surface area (Å²) in [5.41, 5.74) is 0. The Balaban J connectivity index is 2.28. The molecule has 0 saturated heterocycles. The molecule has 0 heterocycles. The van der Waals surface area contributed by atoms with Gasteiger partial charge in [-0.05, 0) is 6.42 Å². The van der Waals surface area contributed by atoms with Gasteiger partial charge in [0.25, 0.3) is 0 Å². The average Bonchev–Trinajstić information content (AvgIpc) is 2.45. The molecule has 2 unspecified atom stereocenters. The first-order valence-electron chi connectivity index (χ1n) is 2.73. The van der Waals surface area contributed by atoms with Gasteiger partial charge in [0.2, 0.25) is 5.91 Å². The van der Waals surface area contributed by atoms with E-state index in [0.29, 0.717) is 0 Å². The molecule has 0 aliphatic heterocycles. The molecule has 2 radical (unpaired) electrons. The largest absolute Gasteiger partial charge is 0.359 e. The molecule has 42 valence electrons. The highest BCUT2D eigenvalue weighted by atomic mass is 16.1. The minimum absolute atomic E-state index is 0.0810. The van der Waals surface area contributed by atoms with Gasteiger partial charge in [0.1, 0.15) is 0 Å². The molecule has 2 atom stereocenters. The van der Waals surface area contributed by atoms with E-state index < -0.39 is 0 Å². The lowest BCUT2D eigenvalue weighted by molar-refractivity contribution is -0.121. The van der Waals surface area contributed by atoms with Crippen LogP contribution in [0, 0.1) is 5.92 Å². The molecular formula is C5H8BNO. The third kappa shape index (κ3) is 0.856. The van der Waals surface area contributed by atoms with Crippen LogP contribution in [0.25, 0.3) is 0 Å². The zero-order valence-corrected chi connectivity index (χ0v) is 4.85. The second-order valence-electron chi connectivity index (χ2n) is 2.12. The number of amides is 1. The smallest absolute Gasteiger partial charge is 0.222 e. The Bertz CT molecular complexity index is 115. The summed E-state index contributed by atoms with van der Waals surface area (Å²) < 4.78 is 0. The van der Waals surface area contributed by atoms with Gasteiger partial charge in [-0.2, -0.15) is 0 Å². The molecule has 0 aromatic rings. The summed E-state index contributed by atoms with van der Waals surface area (Å²) in [6.45, 7) is 0. The van der Waals surface area contributed by atoms with Gasteiger partial charge in [-0.1, -0.05) is 5.82 Å². The number of carbonyl (C=O) groups excluding carboxylic acids is 1. The van der Waals surface area contributed by atoms with Crippen LogP contribution in [0.5, 0.6) is 0 Å². The molecule has 1 aliphatic rings. The third-order valence-electron chi connectivity index (χ3n) is 1.42. The first-order chi connectivity index (χ1) is 3.75. The van der Waals surface area contributed by atoms with Gasteiger partial charge in [0.15, 0.2) is 0 Å². The lowest BCUT2D eigenvalue weighted by Crippen LogP contribution is -2.19.